The molecule has 19 heavy (non-hydrogen) atoms. The molecule has 0 radical (unpaired) electrons. The summed E-state index contributed by atoms with van der Waals surface area (Å²) in [7, 11) is 0. The van der Waals surface area contributed by atoms with E-state index < -0.39 is 0 Å². The van der Waals surface area contributed by atoms with Crippen molar-refractivity contribution in [3.8, 4) is 0 Å². The zero-order valence-corrected chi connectivity index (χ0v) is 13.4. The second kappa shape index (κ2) is 6.98. The average Bonchev–Trinajstić information content (AvgIpc) is 3.13. The lowest BCUT2D eigenvalue weighted by Crippen LogP contribution is -1.77. The lowest BCUT2D eigenvalue weighted by atomic mass is 10.2. The molecule has 0 N–H and O–H groups in total. The summed E-state index contributed by atoms with van der Waals surface area (Å²) in [4.78, 5) is 1.35. The molecule has 3 aromatic heterocycles. The maximum Gasteiger partial charge on any atom is 0.108 e. The minimum absolute atomic E-state index is 0.921. The summed E-state index contributed by atoms with van der Waals surface area (Å²) < 4.78 is 6.35. The summed E-state index contributed by atoms with van der Waals surface area (Å²) in [6, 6.07) is 8.10. The van der Waals surface area contributed by atoms with Crippen LogP contribution in [0.15, 0.2) is 49.9 Å². The van der Waals surface area contributed by atoms with Crippen molar-refractivity contribution in [3.05, 3.63) is 63.1 Å². The summed E-state index contributed by atoms with van der Waals surface area (Å²) >= 11 is 7.69. The van der Waals surface area contributed by atoms with E-state index >= 15 is 0 Å². The molecule has 0 fully saturated rings. The summed E-state index contributed by atoms with van der Waals surface area (Å²) in [6.45, 7) is 4.19. The normalized spacial score (nSPS) is 10.1. The van der Waals surface area contributed by atoms with Crippen LogP contribution in [0, 0.1) is 13.8 Å². The molecule has 0 aliphatic rings. The zero-order chi connectivity index (χ0) is 13.7. The second-order valence-electron chi connectivity index (χ2n) is 4.18. The molecule has 1 nitrogen and oxygen atoms in total. The number of thiol groups is 1. The monoisotopic (exact) mass is 308 g/mol. The maximum atomic E-state index is 5.21. The van der Waals surface area contributed by atoms with Crippen molar-refractivity contribution in [2.45, 2.75) is 24.5 Å². The molecule has 0 amide bonds. The van der Waals surface area contributed by atoms with E-state index in [0.717, 1.165) is 16.4 Å². The Labute approximate surface area is 127 Å². The van der Waals surface area contributed by atoms with Crippen LogP contribution in [0.1, 0.15) is 21.8 Å². The van der Waals surface area contributed by atoms with E-state index in [1.807, 2.05) is 12.1 Å². The average molecular weight is 308 g/mol. The molecule has 0 unspecified atom stereocenters. The van der Waals surface area contributed by atoms with Crippen LogP contribution in [-0.4, -0.2) is 0 Å². The lowest BCUT2D eigenvalue weighted by molar-refractivity contribution is 0.522. The van der Waals surface area contributed by atoms with Crippen molar-refractivity contribution >= 4 is 35.3 Å². The van der Waals surface area contributed by atoms with E-state index in [9.17, 15) is 0 Å². The topological polar surface area (TPSA) is 13.1 Å². The molecule has 0 aromatic carbocycles. The SMILES string of the molecule is Cc1csc(S)c1C.c1coc(Cc2cccs2)c1. The van der Waals surface area contributed by atoms with Gasteiger partial charge in [0.25, 0.3) is 0 Å². The quantitative estimate of drug-likeness (QED) is 0.609. The summed E-state index contributed by atoms with van der Waals surface area (Å²) in [5, 5.41) is 4.20. The largest absolute Gasteiger partial charge is 0.469 e. The molecule has 0 atom stereocenters. The third-order valence-corrected chi connectivity index (χ3v) is 5.30. The molecule has 0 aliphatic carbocycles. The van der Waals surface area contributed by atoms with Gasteiger partial charge in [0.2, 0.25) is 0 Å². The number of thiophene rings is 2. The third kappa shape index (κ3) is 4.27. The predicted molar refractivity (Wildman–Crippen MR) is 86.9 cm³/mol. The van der Waals surface area contributed by atoms with Gasteiger partial charge in [-0.15, -0.1) is 35.3 Å². The van der Waals surface area contributed by atoms with E-state index in [1.54, 1.807) is 28.9 Å². The molecule has 0 spiro atoms. The maximum absolute atomic E-state index is 5.21. The molecule has 0 saturated heterocycles. The van der Waals surface area contributed by atoms with Gasteiger partial charge in [-0.1, -0.05) is 6.07 Å². The van der Waals surface area contributed by atoms with Crippen LogP contribution in [0.3, 0.4) is 0 Å². The first-order valence-electron chi connectivity index (χ1n) is 5.95. The Morgan fingerprint density at radius 2 is 2.00 bits per heavy atom. The fourth-order valence-corrected chi connectivity index (χ4v) is 3.34. The smallest absolute Gasteiger partial charge is 0.108 e. The Balaban J connectivity index is 0.000000148. The highest BCUT2D eigenvalue weighted by molar-refractivity contribution is 7.82. The van der Waals surface area contributed by atoms with Gasteiger partial charge < -0.3 is 4.42 Å². The lowest BCUT2D eigenvalue weighted by Gasteiger charge is -1.89. The van der Waals surface area contributed by atoms with Crippen LogP contribution < -0.4 is 0 Å². The number of rotatable bonds is 2. The van der Waals surface area contributed by atoms with E-state index in [-0.39, 0.29) is 0 Å². The molecular formula is C15H16OS3. The third-order valence-electron chi connectivity index (χ3n) is 2.77. The van der Waals surface area contributed by atoms with E-state index in [4.69, 9.17) is 4.42 Å². The first kappa shape index (κ1) is 14.4. The Morgan fingerprint density at radius 1 is 1.16 bits per heavy atom. The molecule has 0 bridgehead atoms. The second-order valence-corrected chi connectivity index (χ2v) is 6.85. The standard InChI is InChI=1S/C9H8OS.C6H8S2/c1-3-8(10-5-1)7-9-4-2-6-11-9;1-4-3-8-6(7)5(4)2/h1-6H,7H2;3,7H,1-2H3. The highest BCUT2D eigenvalue weighted by Crippen LogP contribution is 2.23. The first-order chi connectivity index (χ1) is 9.16. The number of aryl methyl sites for hydroxylation is 1. The highest BCUT2D eigenvalue weighted by Gasteiger charge is 1.98. The molecular weight excluding hydrogens is 292 g/mol. The molecule has 100 valence electrons. The minimum Gasteiger partial charge on any atom is -0.469 e. The van der Waals surface area contributed by atoms with Gasteiger partial charge in [-0.05, 0) is 53.9 Å². The van der Waals surface area contributed by atoms with Gasteiger partial charge >= 0.3 is 0 Å². The van der Waals surface area contributed by atoms with Crippen molar-refractivity contribution in [2.75, 3.05) is 0 Å². The molecule has 3 rings (SSSR count). The van der Waals surface area contributed by atoms with Crippen molar-refractivity contribution in [3.63, 3.8) is 0 Å². The van der Waals surface area contributed by atoms with Crippen LogP contribution in [0.2, 0.25) is 0 Å². The Morgan fingerprint density at radius 3 is 2.42 bits per heavy atom. The van der Waals surface area contributed by atoms with Crippen molar-refractivity contribution in [2.24, 2.45) is 0 Å². The molecule has 3 heterocycles. The van der Waals surface area contributed by atoms with E-state index in [2.05, 4.69) is 49.4 Å². The highest BCUT2D eigenvalue weighted by atomic mass is 32.2. The fraction of sp³-hybridized carbons (Fsp3) is 0.200. The Kier molecular flexibility index (Phi) is 5.31. The molecule has 3 aromatic rings. The van der Waals surface area contributed by atoms with Gasteiger partial charge in [0.05, 0.1) is 10.5 Å². The van der Waals surface area contributed by atoms with Crippen molar-refractivity contribution in [1.29, 1.82) is 0 Å². The van der Waals surface area contributed by atoms with Gasteiger partial charge in [0.15, 0.2) is 0 Å². The van der Waals surface area contributed by atoms with Gasteiger partial charge in [0.1, 0.15) is 5.76 Å². The number of hydrogen-bond donors (Lipinski definition) is 1. The van der Waals surface area contributed by atoms with Crippen LogP contribution >= 0.6 is 35.3 Å². The Bertz CT molecular complexity index is 540. The van der Waals surface area contributed by atoms with Crippen molar-refractivity contribution < 1.29 is 4.42 Å². The van der Waals surface area contributed by atoms with Crippen LogP contribution in [-0.2, 0) is 6.42 Å². The minimum atomic E-state index is 0.921. The van der Waals surface area contributed by atoms with Crippen LogP contribution in [0.25, 0.3) is 0 Å². The zero-order valence-electron chi connectivity index (χ0n) is 10.9. The summed E-state index contributed by atoms with van der Waals surface area (Å²) in [6.07, 6.45) is 2.63. The van der Waals surface area contributed by atoms with Gasteiger partial charge in [-0.25, -0.2) is 0 Å². The van der Waals surface area contributed by atoms with E-state index in [1.165, 1.54) is 16.0 Å². The van der Waals surface area contributed by atoms with Crippen molar-refractivity contribution in [1.82, 2.24) is 0 Å². The molecule has 0 saturated carbocycles. The molecule has 4 heteroatoms. The Hall–Kier alpha value is -0.970. The van der Waals surface area contributed by atoms with Gasteiger partial charge in [-0.2, -0.15) is 0 Å². The summed E-state index contributed by atoms with van der Waals surface area (Å²) in [5.74, 6) is 1.03. The van der Waals surface area contributed by atoms with Crippen LogP contribution in [0.5, 0.6) is 0 Å². The summed E-state index contributed by atoms with van der Waals surface area (Å²) in [5.41, 5.74) is 2.67. The first-order valence-corrected chi connectivity index (χ1v) is 8.16. The van der Waals surface area contributed by atoms with Gasteiger partial charge in [0, 0.05) is 11.3 Å². The van der Waals surface area contributed by atoms with E-state index in [0.29, 0.717) is 0 Å². The molecule has 0 aliphatic heterocycles. The number of hydrogen-bond acceptors (Lipinski definition) is 4. The van der Waals surface area contributed by atoms with Crippen LogP contribution in [0.4, 0.5) is 0 Å². The predicted octanol–water partition coefficient (Wildman–Crippen LogP) is 5.59. The number of furan rings is 1. The fourth-order valence-electron chi connectivity index (χ4n) is 1.49. The van der Waals surface area contributed by atoms with Gasteiger partial charge in [-0.3, -0.25) is 0 Å².